The van der Waals surface area contributed by atoms with Gasteiger partial charge in [-0.2, -0.15) is 0 Å². The highest BCUT2D eigenvalue weighted by Crippen LogP contribution is 2.67. The van der Waals surface area contributed by atoms with E-state index in [2.05, 4.69) is 31.0 Å². The number of nitrogens with one attached hydrogen (secondary N) is 1. The average molecular weight is 234 g/mol. The van der Waals surface area contributed by atoms with Crippen molar-refractivity contribution in [1.82, 2.24) is 10.2 Å². The summed E-state index contributed by atoms with van der Waals surface area (Å²) < 4.78 is 0. The summed E-state index contributed by atoms with van der Waals surface area (Å²) in [7, 11) is 0. The Labute approximate surface area is 105 Å². The van der Waals surface area contributed by atoms with E-state index >= 15 is 0 Å². The summed E-state index contributed by atoms with van der Waals surface area (Å²) in [4.78, 5) is 2.86. The van der Waals surface area contributed by atoms with Crippen LogP contribution in [0.25, 0.3) is 0 Å². The topological polar surface area (TPSA) is 15.3 Å². The lowest BCUT2D eigenvalue weighted by Gasteiger charge is -2.44. The minimum Gasteiger partial charge on any atom is -0.309 e. The number of nitrogens with zero attached hydrogens (tertiary/aromatic N) is 1. The maximum Gasteiger partial charge on any atom is 0.0253 e. The molecule has 1 saturated heterocycles. The third-order valence-corrected chi connectivity index (χ3v) is 6.10. The maximum absolute atomic E-state index is 3.68. The van der Waals surface area contributed by atoms with Gasteiger partial charge in [-0.15, -0.1) is 0 Å². The van der Waals surface area contributed by atoms with Gasteiger partial charge in [0.25, 0.3) is 0 Å². The minimum atomic E-state index is 0.322. The molecule has 1 heterocycles. The zero-order valence-corrected chi connectivity index (χ0v) is 11.4. The van der Waals surface area contributed by atoms with Crippen LogP contribution in [0.3, 0.4) is 0 Å². The molecule has 0 spiro atoms. The zero-order chi connectivity index (χ0) is 11.8. The van der Waals surface area contributed by atoms with Gasteiger partial charge in [0, 0.05) is 30.7 Å². The van der Waals surface area contributed by atoms with Gasteiger partial charge < -0.3 is 5.32 Å². The lowest BCUT2D eigenvalue weighted by molar-refractivity contribution is 0.0799. The molecule has 1 aliphatic heterocycles. The normalized spacial score (nSPS) is 55.9. The Hall–Kier alpha value is -0.0800. The molecule has 2 bridgehead atoms. The van der Waals surface area contributed by atoms with E-state index in [9.17, 15) is 0 Å². The zero-order valence-electron chi connectivity index (χ0n) is 11.4. The van der Waals surface area contributed by atoms with Crippen molar-refractivity contribution in [2.24, 2.45) is 23.7 Å². The Balaban J connectivity index is 1.52. The van der Waals surface area contributed by atoms with E-state index in [-0.39, 0.29) is 0 Å². The molecule has 0 aromatic heterocycles. The van der Waals surface area contributed by atoms with Gasteiger partial charge in [0.2, 0.25) is 0 Å². The monoisotopic (exact) mass is 234 g/mol. The Kier molecular flexibility index (Phi) is 2.08. The molecule has 4 rings (SSSR count). The molecular formula is C15H26N2. The van der Waals surface area contributed by atoms with E-state index in [1.165, 1.54) is 13.1 Å². The highest BCUT2D eigenvalue weighted by Gasteiger charge is 2.67. The highest BCUT2D eigenvalue weighted by atomic mass is 15.3. The second kappa shape index (κ2) is 3.27. The fourth-order valence-electron chi connectivity index (χ4n) is 5.33. The second-order valence-electron chi connectivity index (χ2n) is 7.76. The largest absolute Gasteiger partial charge is 0.309 e. The quantitative estimate of drug-likeness (QED) is 0.747. The van der Waals surface area contributed by atoms with Gasteiger partial charge in [-0.3, -0.25) is 4.90 Å². The number of hydrogen-bond donors (Lipinski definition) is 1. The van der Waals surface area contributed by atoms with E-state index in [0.29, 0.717) is 5.54 Å². The molecule has 0 amide bonds. The molecule has 0 radical (unpaired) electrons. The van der Waals surface area contributed by atoms with Crippen molar-refractivity contribution in [3.63, 3.8) is 0 Å². The molecule has 5 atom stereocenters. The average Bonchev–Trinajstić information content (AvgIpc) is 2.70. The minimum absolute atomic E-state index is 0.322. The van der Waals surface area contributed by atoms with Crippen LogP contribution in [-0.2, 0) is 0 Å². The van der Waals surface area contributed by atoms with Crippen LogP contribution in [-0.4, -0.2) is 35.6 Å². The van der Waals surface area contributed by atoms with Crippen molar-refractivity contribution in [3.05, 3.63) is 0 Å². The fraction of sp³-hybridized carbons (Fsp3) is 1.00. The Morgan fingerprint density at radius 2 is 1.76 bits per heavy atom. The standard InChI is InChI=1S/C15H26N2/c1-9-7-16-15(2,3)8-17(9)14-12-10-4-5-11(6-10)13(12)14/h9-14,16H,4-8H2,1-3H3. The number of fused-ring (bicyclic) bond motifs is 5. The third kappa shape index (κ3) is 1.46. The van der Waals surface area contributed by atoms with Crippen LogP contribution < -0.4 is 5.32 Å². The summed E-state index contributed by atoms with van der Waals surface area (Å²) >= 11 is 0. The van der Waals surface area contributed by atoms with Crippen LogP contribution in [0.1, 0.15) is 40.0 Å². The van der Waals surface area contributed by atoms with Crippen molar-refractivity contribution in [2.45, 2.75) is 57.7 Å². The first kappa shape index (κ1) is 10.8. The highest BCUT2D eigenvalue weighted by molar-refractivity contribution is 5.18. The molecule has 3 saturated carbocycles. The van der Waals surface area contributed by atoms with Crippen LogP contribution >= 0.6 is 0 Å². The van der Waals surface area contributed by atoms with E-state index in [1.807, 2.05) is 0 Å². The molecule has 4 aliphatic rings. The Bertz CT molecular complexity index is 322. The van der Waals surface area contributed by atoms with E-state index in [0.717, 1.165) is 35.8 Å². The van der Waals surface area contributed by atoms with Gasteiger partial charge >= 0.3 is 0 Å². The van der Waals surface area contributed by atoms with Crippen molar-refractivity contribution in [2.75, 3.05) is 13.1 Å². The predicted molar refractivity (Wildman–Crippen MR) is 69.8 cm³/mol. The van der Waals surface area contributed by atoms with Crippen LogP contribution in [0.4, 0.5) is 0 Å². The predicted octanol–water partition coefficient (Wildman–Crippen LogP) is 2.10. The van der Waals surface area contributed by atoms with Crippen molar-refractivity contribution < 1.29 is 0 Å². The van der Waals surface area contributed by atoms with E-state index in [4.69, 9.17) is 0 Å². The third-order valence-electron chi connectivity index (χ3n) is 6.10. The van der Waals surface area contributed by atoms with Crippen LogP contribution in [0, 0.1) is 23.7 Å². The summed E-state index contributed by atoms with van der Waals surface area (Å²) in [5, 5.41) is 3.68. The first-order chi connectivity index (χ1) is 8.07. The van der Waals surface area contributed by atoms with Crippen molar-refractivity contribution >= 4 is 0 Å². The molecule has 5 unspecified atom stereocenters. The summed E-state index contributed by atoms with van der Waals surface area (Å²) in [6.07, 6.45) is 4.67. The van der Waals surface area contributed by atoms with Gasteiger partial charge in [-0.05, 0) is 63.7 Å². The summed E-state index contributed by atoms with van der Waals surface area (Å²) in [6, 6.07) is 1.72. The SMILES string of the molecule is CC1CNC(C)(C)CN1C1C2C3CCC(C3)C21. The number of rotatable bonds is 1. The first-order valence-corrected chi connectivity index (χ1v) is 7.57. The fourth-order valence-corrected chi connectivity index (χ4v) is 5.33. The number of hydrogen-bond acceptors (Lipinski definition) is 2. The molecule has 0 aromatic rings. The van der Waals surface area contributed by atoms with Crippen LogP contribution in [0.15, 0.2) is 0 Å². The lowest BCUT2D eigenvalue weighted by atomic mass is 9.97. The van der Waals surface area contributed by atoms with Gasteiger partial charge in [0.05, 0.1) is 0 Å². The molecule has 3 aliphatic carbocycles. The molecule has 0 aromatic carbocycles. The summed E-state index contributed by atoms with van der Waals surface area (Å²) in [5.41, 5.74) is 0.322. The second-order valence-corrected chi connectivity index (χ2v) is 7.76. The van der Waals surface area contributed by atoms with Crippen molar-refractivity contribution in [1.29, 1.82) is 0 Å². The van der Waals surface area contributed by atoms with Gasteiger partial charge in [0.1, 0.15) is 0 Å². The van der Waals surface area contributed by atoms with E-state index < -0.39 is 0 Å². The molecule has 2 nitrogen and oxygen atoms in total. The van der Waals surface area contributed by atoms with Crippen LogP contribution in [0.5, 0.6) is 0 Å². The Morgan fingerprint density at radius 3 is 2.41 bits per heavy atom. The first-order valence-electron chi connectivity index (χ1n) is 7.57. The summed E-state index contributed by atoms with van der Waals surface area (Å²) in [6.45, 7) is 9.57. The van der Waals surface area contributed by atoms with Gasteiger partial charge in [-0.25, -0.2) is 0 Å². The molecular weight excluding hydrogens is 208 g/mol. The summed E-state index contributed by atoms with van der Waals surface area (Å²) in [5.74, 6) is 4.43. The van der Waals surface area contributed by atoms with Crippen LogP contribution in [0.2, 0.25) is 0 Å². The molecule has 2 heteroatoms. The molecule has 1 N–H and O–H groups in total. The van der Waals surface area contributed by atoms with E-state index in [1.54, 1.807) is 19.3 Å². The molecule has 4 fully saturated rings. The Morgan fingerprint density at radius 1 is 1.12 bits per heavy atom. The smallest absolute Gasteiger partial charge is 0.0253 e. The number of piperazine rings is 1. The molecule has 96 valence electrons. The van der Waals surface area contributed by atoms with Gasteiger partial charge in [0.15, 0.2) is 0 Å². The molecule has 17 heavy (non-hydrogen) atoms. The van der Waals surface area contributed by atoms with Gasteiger partial charge in [-0.1, -0.05) is 0 Å². The lowest BCUT2D eigenvalue weighted by Crippen LogP contribution is -2.61. The maximum atomic E-state index is 3.68. The van der Waals surface area contributed by atoms with Crippen molar-refractivity contribution in [3.8, 4) is 0 Å².